The lowest BCUT2D eigenvalue weighted by molar-refractivity contribution is -0.0970. The third-order valence-corrected chi connectivity index (χ3v) is 2.31. The van der Waals surface area contributed by atoms with Gasteiger partial charge >= 0.3 is 6.03 Å². The summed E-state index contributed by atoms with van der Waals surface area (Å²) in [6.45, 7) is 2.17. The zero-order valence-electron chi connectivity index (χ0n) is 10.5. The molecule has 17 heavy (non-hydrogen) atoms. The first-order valence-corrected chi connectivity index (χ1v) is 5.18. The van der Waals surface area contributed by atoms with Crippen molar-refractivity contribution in [3.05, 3.63) is 11.8 Å². The topological polar surface area (TPSA) is 77.4 Å². The number of ether oxygens (including phenoxy) is 2. The van der Waals surface area contributed by atoms with Crippen LogP contribution < -0.4 is 10.6 Å². The summed E-state index contributed by atoms with van der Waals surface area (Å²) in [6.07, 6.45) is -0.453. The van der Waals surface area contributed by atoms with Crippen molar-refractivity contribution in [1.29, 1.82) is 0 Å². The van der Waals surface area contributed by atoms with E-state index in [-0.39, 0.29) is 12.6 Å². The van der Waals surface area contributed by atoms with Gasteiger partial charge in [0.05, 0.1) is 6.54 Å². The molecule has 0 spiro atoms. The summed E-state index contributed by atoms with van der Waals surface area (Å²) in [6, 6.07) is 1.44. The van der Waals surface area contributed by atoms with E-state index < -0.39 is 6.29 Å². The summed E-state index contributed by atoms with van der Waals surface area (Å²) >= 11 is 0. The van der Waals surface area contributed by atoms with Gasteiger partial charge in [0.15, 0.2) is 12.1 Å². The summed E-state index contributed by atoms with van der Waals surface area (Å²) in [5.41, 5.74) is 0.965. The van der Waals surface area contributed by atoms with Crippen LogP contribution in [0.5, 0.6) is 0 Å². The first-order chi connectivity index (χ1) is 8.06. The van der Waals surface area contributed by atoms with Gasteiger partial charge in [0.2, 0.25) is 0 Å². The Hall–Kier alpha value is -1.60. The van der Waals surface area contributed by atoms with Crippen LogP contribution in [-0.4, -0.2) is 42.9 Å². The van der Waals surface area contributed by atoms with Crippen LogP contribution in [0.15, 0.2) is 6.07 Å². The highest BCUT2D eigenvalue weighted by Gasteiger charge is 2.09. The molecule has 0 atom stereocenters. The minimum absolute atomic E-state index is 0.269. The summed E-state index contributed by atoms with van der Waals surface area (Å²) in [7, 11) is 4.83. The van der Waals surface area contributed by atoms with Gasteiger partial charge in [-0.1, -0.05) is 0 Å². The number of methoxy groups -OCH3 is 2. The molecule has 1 rings (SSSR count). The standard InChI is InChI=1S/C10H18N4O3/c1-7-5-8(13-14(7)2)12-10(15)11-6-9(16-3)17-4/h5,9H,6H2,1-4H3,(H2,11,12,13,15). The van der Waals surface area contributed by atoms with E-state index in [9.17, 15) is 4.79 Å². The SMILES string of the molecule is COC(CNC(=O)Nc1cc(C)n(C)n1)OC. The second-order valence-electron chi connectivity index (χ2n) is 3.53. The zero-order valence-corrected chi connectivity index (χ0v) is 10.5. The van der Waals surface area contributed by atoms with Crippen molar-refractivity contribution in [1.82, 2.24) is 15.1 Å². The monoisotopic (exact) mass is 242 g/mol. The number of nitrogens with zero attached hydrogens (tertiary/aromatic N) is 2. The molecule has 1 aromatic heterocycles. The van der Waals surface area contributed by atoms with Gasteiger partial charge in [0, 0.05) is 33.0 Å². The maximum absolute atomic E-state index is 11.5. The van der Waals surface area contributed by atoms with Gasteiger partial charge in [-0.15, -0.1) is 0 Å². The summed E-state index contributed by atoms with van der Waals surface area (Å²) in [4.78, 5) is 11.5. The number of carbonyl (C=O) groups excluding carboxylic acids is 1. The Kier molecular flexibility index (Phi) is 4.92. The molecule has 0 fully saturated rings. The Bertz CT molecular complexity index is 354. The molecule has 2 N–H and O–H groups in total. The Morgan fingerprint density at radius 3 is 2.65 bits per heavy atom. The van der Waals surface area contributed by atoms with Gasteiger partial charge in [-0.3, -0.25) is 10.00 Å². The normalized spacial score (nSPS) is 10.6. The molecule has 0 unspecified atom stereocenters. The largest absolute Gasteiger partial charge is 0.354 e. The van der Waals surface area contributed by atoms with Gasteiger partial charge in [0.25, 0.3) is 0 Å². The Balaban J connectivity index is 2.39. The van der Waals surface area contributed by atoms with Crippen molar-refractivity contribution in [2.75, 3.05) is 26.1 Å². The van der Waals surface area contributed by atoms with Gasteiger partial charge in [-0.2, -0.15) is 5.10 Å². The van der Waals surface area contributed by atoms with Gasteiger partial charge in [0.1, 0.15) is 0 Å². The van der Waals surface area contributed by atoms with Crippen LogP contribution in [0, 0.1) is 6.92 Å². The molecule has 0 aliphatic heterocycles. The van der Waals surface area contributed by atoms with E-state index >= 15 is 0 Å². The summed E-state index contributed by atoms with van der Waals surface area (Å²) in [5.74, 6) is 0.508. The van der Waals surface area contributed by atoms with E-state index in [1.807, 2.05) is 14.0 Å². The molecule has 2 amide bonds. The molecular weight excluding hydrogens is 224 g/mol. The number of rotatable bonds is 5. The van der Waals surface area contributed by atoms with Gasteiger partial charge < -0.3 is 14.8 Å². The molecule has 0 bridgehead atoms. The molecule has 96 valence electrons. The molecule has 7 heteroatoms. The van der Waals surface area contributed by atoms with Crippen molar-refractivity contribution in [3.8, 4) is 0 Å². The number of aryl methyl sites for hydroxylation is 2. The number of hydrogen-bond donors (Lipinski definition) is 2. The van der Waals surface area contributed by atoms with Crippen LogP contribution in [0.1, 0.15) is 5.69 Å². The van der Waals surface area contributed by atoms with E-state index in [1.54, 1.807) is 10.7 Å². The lowest BCUT2D eigenvalue weighted by Gasteiger charge is -2.13. The molecule has 7 nitrogen and oxygen atoms in total. The van der Waals surface area contributed by atoms with Crippen molar-refractivity contribution in [2.24, 2.45) is 7.05 Å². The minimum atomic E-state index is -0.453. The maximum atomic E-state index is 11.5. The van der Waals surface area contributed by atoms with Crippen molar-refractivity contribution in [3.63, 3.8) is 0 Å². The lowest BCUT2D eigenvalue weighted by Crippen LogP contribution is -2.36. The van der Waals surface area contributed by atoms with Gasteiger partial charge in [-0.25, -0.2) is 4.79 Å². The first-order valence-electron chi connectivity index (χ1n) is 5.18. The molecule has 1 heterocycles. The second kappa shape index (κ2) is 6.21. The van der Waals surface area contributed by atoms with E-state index in [4.69, 9.17) is 9.47 Å². The molecule has 0 aliphatic carbocycles. The third-order valence-electron chi connectivity index (χ3n) is 2.31. The van der Waals surface area contributed by atoms with Crippen molar-refractivity contribution in [2.45, 2.75) is 13.2 Å². The molecule has 0 saturated carbocycles. The third kappa shape index (κ3) is 4.04. The van der Waals surface area contributed by atoms with Crippen LogP contribution >= 0.6 is 0 Å². The number of urea groups is 1. The lowest BCUT2D eigenvalue weighted by atomic mass is 10.4. The Morgan fingerprint density at radius 2 is 2.18 bits per heavy atom. The highest BCUT2D eigenvalue weighted by molar-refractivity contribution is 5.88. The molecular formula is C10H18N4O3. The average Bonchev–Trinajstić information content (AvgIpc) is 2.59. The molecule has 0 radical (unpaired) electrons. The van der Waals surface area contributed by atoms with Crippen LogP contribution in [-0.2, 0) is 16.5 Å². The fraction of sp³-hybridized carbons (Fsp3) is 0.600. The number of aromatic nitrogens is 2. The van der Waals surface area contributed by atoms with Crippen LogP contribution in [0.4, 0.5) is 10.6 Å². The Labute approximate surface area is 100 Å². The number of nitrogens with one attached hydrogen (secondary N) is 2. The fourth-order valence-electron chi connectivity index (χ4n) is 1.22. The second-order valence-corrected chi connectivity index (χ2v) is 3.53. The van der Waals surface area contributed by atoms with E-state index in [0.717, 1.165) is 5.69 Å². The summed E-state index contributed by atoms with van der Waals surface area (Å²) < 4.78 is 11.6. The van der Waals surface area contributed by atoms with Crippen LogP contribution in [0.25, 0.3) is 0 Å². The van der Waals surface area contributed by atoms with E-state index in [2.05, 4.69) is 15.7 Å². The zero-order chi connectivity index (χ0) is 12.8. The van der Waals surface area contributed by atoms with E-state index in [0.29, 0.717) is 5.82 Å². The van der Waals surface area contributed by atoms with Gasteiger partial charge in [-0.05, 0) is 6.92 Å². The molecule has 0 aliphatic rings. The minimum Gasteiger partial charge on any atom is -0.354 e. The number of amides is 2. The average molecular weight is 242 g/mol. The quantitative estimate of drug-likeness (QED) is 0.736. The number of anilines is 1. The van der Waals surface area contributed by atoms with Crippen LogP contribution in [0.2, 0.25) is 0 Å². The highest BCUT2D eigenvalue weighted by Crippen LogP contribution is 2.06. The Morgan fingerprint density at radius 1 is 1.53 bits per heavy atom. The highest BCUT2D eigenvalue weighted by atomic mass is 16.7. The van der Waals surface area contributed by atoms with Crippen molar-refractivity contribution < 1.29 is 14.3 Å². The molecule has 0 aromatic carbocycles. The first kappa shape index (κ1) is 13.5. The maximum Gasteiger partial charge on any atom is 0.320 e. The predicted molar refractivity (Wildman–Crippen MR) is 62.8 cm³/mol. The van der Waals surface area contributed by atoms with Crippen molar-refractivity contribution >= 4 is 11.8 Å². The molecule has 1 aromatic rings. The smallest absolute Gasteiger partial charge is 0.320 e. The number of hydrogen-bond acceptors (Lipinski definition) is 4. The van der Waals surface area contributed by atoms with E-state index in [1.165, 1.54) is 14.2 Å². The molecule has 0 saturated heterocycles. The number of carbonyl (C=O) groups is 1. The summed E-state index contributed by atoms with van der Waals surface area (Å²) in [5, 5.41) is 9.33. The fourth-order valence-corrected chi connectivity index (χ4v) is 1.22. The van der Waals surface area contributed by atoms with Crippen LogP contribution in [0.3, 0.4) is 0 Å². The predicted octanol–water partition coefficient (Wildman–Crippen LogP) is 0.469.